The second kappa shape index (κ2) is 6.53. The van der Waals surface area contributed by atoms with Crippen molar-refractivity contribution < 1.29 is 17.9 Å². The van der Waals surface area contributed by atoms with Crippen LogP contribution in [0, 0.1) is 0 Å². The number of ether oxygens (including phenoxy) is 1. The number of anilines is 1. The van der Waals surface area contributed by atoms with Crippen molar-refractivity contribution in [2.24, 2.45) is 0 Å². The summed E-state index contributed by atoms with van der Waals surface area (Å²) >= 11 is 1.16. The third-order valence-corrected chi connectivity index (χ3v) is 5.26. The number of esters is 1. The molecule has 0 aromatic carbocycles. The third kappa shape index (κ3) is 3.48. The van der Waals surface area contributed by atoms with Crippen molar-refractivity contribution in [1.82, 2.24) is 9.62 Å². The number of thiophene rings is 1. The molecule has 0 aliphatic carbocycles. The quantitative estimate of drug-likeness (QED) is 0.771. The van der Waals surface area contributed by atoms with Gasteiger partial charge in [0.15, 0.2) is 0 Å². The maximum Gasteiger partial charge on any atom is 0.341 e. The minimum absolute atomic E-state index is 0.246. The van der Waals surface area contributed by atoms with Crippen molar-refractivity contribution in [1.29, 1.82) is 0 Å². The number of hydrogen-bond donors (Lipinski definition) is 2. The summed E-state index contributed by atoms with van der Waals surface area (Å²) in [6, 6.07) is 1.55. The van der Waals surface area contributed by atoms with Crippen molar-refractivity contribution in [2.75, 3.05) is 37.5 Å². The van der Waals surface area contributed by atoms with Crippen LogP contribution in [-0.2, 0) is 14.9 Å². The molecule has 2 rings (SSSR count). The zero-order valence-electron chi connectivity index (χ0n) is 11.1. The molecule has 1 aromatic heterocycles. The minimum atomic E-state index is -3.63. The number of piperazine rings is 1. The molecule has 20 heavy (non-hydrogen) atoms. The molecule has 0 spiro atoms. The van der Waals surface area contributed by atoms with E-state index in [1.165, 1.54) is 4.31 Å². The van der Waals surface area contributed by atoms with E-state index >= 15 is 0 Å². The van der Waals surface area contributed by atoms with Crippen LogP contribution in [0.25, 0.3) is 0 Å². The van der Waals surface area contributed by atoms with Crippen LogP contribution in [0.4, 0.5) is 5.00 Å². The Labute approximate surface area is 122 Å². The molecule has 0 bridgehead atoms. The van der Waals surface area contributed by atoms with Crippen molar-refractivity contribution in [3.05, 3.63) is 17.0 Å². The summed E-state index contributed by atoms with van der Waals surface area (Å²) in [7, 11) is -3.63. The highest BCUT2D eigenvalue weighted by Crippen LogP contribution is 2.26. The standard InChI is InChI=1S/C11H17N3O4S2/c1-2-18-11(15)9-3-8-19-10(9)13-20(16,17)14-6-4-12-5-7-14/h3,8,12-13H,2,4-7H2,1H3. The molecule has 1 aliphatic heterocycles. The third-order valence-electron chi connectivity index (χ3n) is 2.80. The Morgan fingerprint density at radius 1 is 1.50 bits per heavy atom. The molecule has 112 valence electrons. The van der Waals surface area contributed by atoms with Crippen LogP contribution in [0.1, 0.15) is 17.3 Å². The first-order valence-corrected chi connectivity index (χ1v) is 8.60. The van der Waals surface area contributed by atoms with Crippen LogP contribution < -0.4 is 10.0 Å². The van der Waals surface area contributed by atoms with Gasteiger partial charge in [0, 0.05) is 26.2 Å². The van der Waals surface area contributed by atoms with Crippen molar-refractivity contribution in [3.63, 3.8) is 0 Å². The molecule has 1 fully saturated rings. The minimum Gasteiger partial charge on any atom is -0.462 e. The molecule has 0 radical (unpaired) electrons. The largest absolute Gasteiger partial charge is 0.462 e. The van der Waals surface area contributed by atoms with E-state index < -0.39 is 16.2 Å². The maximum atomic E-state index is 12.2. The fourth-order valence-electron chi connectivity index (χ4n) is 1.82. The summed E-state index contributed by atoms with van der Waals surface area (Å²) in [6.07, 6.45) is 0. The molecule has 0 atom stereocenters. The molecular weight excluding hydrogens is 302 g/mol. The van der Waals surface area contributed by atoms with Gasteiger partial charge < -0.3 is 10.1 Å². The Morgan fingerprint density at radius 2 is 2.20 bits per heavy atom. The van der Waals surface area contributed by atoms with Gasteiger partial charge in [-0.3, -0.25) is 4.72 Å². The van der Waals surface area contributed by atoms with Gasteiger partial charge in [-0.25, -0.2) is 4.79 Å². The van der Waals surface area contributed by atoms with E-state index in [1.54, 1.807) is 18.4 Å². The Kier molecular flexibility index (Phi) is 4.97. The Balaban J connectivity index is 2.13. The predicted molar refractivity (Wildman–Crippen MR) is 77.3 cm³/mol. The molecule has 1 saturated heterocycles. The van der Waals surface area contributed by atoms with Crippen LogP contribution >= 0.6 is 11.3 Å². The van der Waals surface area contributed by atoms with E-state index in [1.807, 2.05) is 0 Å². The smallest absolute Gasteiger partial charge is 0.341 e. The lowest BCUT2D eigenvalue weighted by molar-refractivity contribution is 0.0528. The topological polar surface area (TPSA) is 87.7 Å². The Morgan fingerprint density at radius 3 is 2.85 bits per heavy atom. The summed E-state index contributed by atoms with van der Waals surface area (Å²) in [5.41, 5.74) is 0.246. The monoisotopic (exact) mass is 319 g/mol. The SMILES string of the molecule is CCOC(=O)c1ccsc1NS(=O)(=O)N1CCNCC1. The summed E-state index contributed by atoms with van der Waals surface area (Å²) in [6.45, 7) is 4.02. The van der Waals surface area contributed by atoms with E-state index in [0.29, 0.717) is 31.2 Å². The summed E-state index contributed by atoms with van der Waals surface area (Å²) in [5.74, 6) is -0.522. The normalized spacial score (nSPS) is 16.9. The van der Waals surface area contributed by atoms with Gasteiger partial charge in [-0.2, -0.15) is 12.7 Å². The van der Waals surface area contributed by atoms with Crippen LogP contribution in [0.2, 0.25) is 0 Å². The first kappa shape index (κ1) is 15.2. The lowest BCUT2D eigenvalue weighted by Crippen LogP contribution is -2.48. The highest BCUT2D eigenvalue weighted by Gasteiger charge is 2.26. The number of carbonyl (C=O) groups is 1. The van der Waals surface area contributed by atoms with Crippen LogP contribution in [0.15, 0.2) is 11.4 Å². The Hall–Kier alpha value is -1.16. The van der Waals surface area contributed by atoms with E-state index in [9.17, 15) is 13.2 Å². The maximum absolute atomic E-state index is 12.2. The van der Waals surface area contributed by atoms with Gasteiger partial charge in [0.05, 0.1) is 12.2 Å². The van der Waals surface area contributed by atoms with Gasteiger partial charge in [0.1, 0.15) is 5.00 Å². The molecule has 2 heterocycles. The van der Waals surface area contributed by atoms with Gasteiger partial charge in [0.2, 0.25) is 0 Å². The molecule has 0 unspecified atom stereocenters. The zero-order valence-corrected chi connectivity index (χ0v) is 12.7. The summed E-state index contributed by atoms with van der Waals surface area (Å²) in [5, 5.41) is 5.03. The second-order valence-corrected chi connectivity index (χ2v) is 6.73. The molecular formula is C11H17N3O4S2. The van der Waals surface area contributed by atoms with Crippen LogP contribution in [-0.4, -0.2) is 51.5 Å². The molecule has 0 amide bonds. The first-order valence-electron chi connectivity index (χ1n) is 6.28. The second-order valence-electron chi connectivity index (χ2n) is 4.14. The average molecular weight is 319 g/mol. The molecule has 0 saturated carbocycles. The van der Waals surface area contributed by atoms with Gasteiger partial charge in [0.25, 0.3) is 0 Å². The lowest BCUT2D eigenvalue weighted by atomic mass is 10.3. The Bertz CT molecular complexity index is 564. The number of carbonyl (C=O) groups excluding carboxylic acids is 1. The number of rotatable bonds is 5. The first-order chi connectivity index (χ1) is 9.54. The molecule has 1 aliphatic rings. The average Bonchev–Trinajstić information content (AvgIpc) is 2.87. The summed E-state index contributed by atoms with van der Waals surface area (Å²) in [4.78, 5) is 11.7. The molecule has 1 aromatic rings. The zero-order chi connectivity index (χ0) is 14.6. The van der Waals surface area contributed by atoms with Gasteiger partial charge in [-0.1, -0.05) is 0 Å². The molecule has 2 N–H and O–H groups in total. The highest BCUT2D eigenvalue weighted by molar-refractivity contribution is 7.90. The van der Waals surface area contributed by atoms with Crippen molar-refractivity contribution in [2.45, 2.75) is 6.92 Å². The molecule has 9 heteroatoms. The van der Waals surface area contributed by atoms with E-state index in [0.717, 1.165) is 11.3 Å². The van der Waals surface area contributed by atoms with Gasteiger partial charge in [-0.05, 0) is 18.4 Å². The fourth-order valence-corrected chi connectivity index (χ4v) is 4.09. The number of nitrogens with one attached hydrogen (secondary N) is 2. The van der Waals surface area contributed by atoms with Gasteiger partial charge >= 0.3 is 16.2 Å². The van der Waals surface area contributed by atoms with Crippen LogP contribution in [0.3, 0.4) is 0 Å². The highest BCUT2D eigenvalue weighted by atomic mass is 32.2. The van der Waals surface area contributed by atoms with Crippen molar-refractivity contribution >= 4 is 32.5 Å². The van der Waals surface area contributed by atoms with E-state index in [4.69, 9.17) is 4.74 Å². The number of hydrogen-bond acceptors (Lipinski definition) is 6. The predicted octanol–water partition coefficient (Wildman–Crippen LogP) is 0.487. The van der Waals surface area contributed by atoms with Gasteiger partial charge in [-0.15, -0.1) is 11.3 Å². The van der Waals surface area contributed by atoms with E-state index in [2.05, 4.69) is 10.0 Å². The van der Waals surface area contributed by atoms with Crippen LogP contribution in [0.5, 0.6) is 0 Å². The lowest BCUT2D eigenvalue weighted by Gasteiger charge is -2.26. The summed E-state index contributed by atoms with van der Waals surface area (Å²) < 4.78 is 33.2. The molecule has 7 nitrogen and oxygen atoms in total. The fraction of sp³-hybridized carbons (Fsp3) is 0.545. The van der Waals surface area contributed by atoms with E-state index in [-0.39, 0.29) is 12.2 Å². The van der Waals surface area contributed by atoms with Crippen molar-refractivity contribution in [3.8, 4) is 0 Å². The number of nitrogens with zero attached hydrogens (tertiary/aromatic N) is 1.